The fraction of sp³-hybridized carbons (Fsp3) is 0.529. The number of thiophene rings is 1. The van der Waals surface area contributed by atoms with Gasteiger partial charge in [-0.25, -0.2) is 0 Å². The molecule has 1 fully saturated rings. The summed E-state index contributed by atoms with van der Waals surface area (Å²) in [5.41, 5.74) is 7.70. The minimum absolute atomic E-state index is 0.0798. The molecule has 0 aromatic carbocycles. The van der Waals surface area contributed by atoms with Crippen LogP contribution in [-0.2, 0) is 11.3 Å². The summed E-state index contributed by atoms with van der Waals surface area (Å²) >= 11 is 1.72. The second-order valence-corrected chi connectivity index (χ2v) is 7.24. The number of hydrogen-bond acceptors (Lipinski definition) is 5. The minimum Gasteiger partial charge on any atom is -0.369 e. The van der Waals surface area contributed by atoms with Crippen molar-refractivity contribution in [3.63, 3.8) is 0 Å². The van der Waals surface area contributed by atoms with Crippen LogP contribution in [0, 0.1) is 5.92 Å². The molecule has 0 saturated carbocycles. The van der Waals surface area contributed by atoms with Gasteiger partial charge < -0.3 is 16.0 Å². The molecule has 3 rings (SSSR count). The molecular weight excluding hydrogens is 322 g/mol. The molecule has 1 aliphatic rings. The van der Waals surface area contributed by atoms with Crippen LogP contribution < -0.4 is 11.1 Å². The van der Waals surface area contributed by atoms with Crippen LogP contribution in [0.15, 0.2) is 23.7 Å². The highest BCUT2D eigenvalue weighted by molar-refractivity contribution is 7.13. The number of aromatic amines is 1. The number of primary amides is 1. The molecule has 6 nitrogen and oxygen atoms in total. The van der Waals surface area contributed by atoms with E-state index < -0.39 is 0 Å². The van der Waals surface area contributed by atoms with Crippen LogP contribution in [0.2, 0.25) is 0 Å². The first-order valence-electron chi connectivity index (χ1n) is 8.52. The van der Waals surface area contributed by atoms with Gasteiger partial charge in [0.15, 0.2) is 0 Å². The van der Waals surface area contributed by atoms with E-state index in [-0.39, 0.29) is 11.8 Å². The monoisotopic (exact) mass is 347 g/mol. The maximum absolute atomic E-state index is 11.2. The van der Waals surface area contributed by atoms with Crippen LogP contribution >= 0.6 is 11.3 Å². The van der Waals surface area contributed by atoms with E-state index in [0.29, 0.717) is 0 Å². The quantitative estimate of drug-likeness (QED) is 0.636. The first-order chi connectivity index (χ1) is 11.7. The Balaban J connectivity index is 1.34. The zero-order valence-corrected chi connectivity index (χ0v) is 14.6. The molecule has 1 aliphatic heterocycles. The van der Waals surface area contributed by atoms with Crippen molar-refractivity contribution in [3.8, 4) is 10.6 Å². The third-order valence-corrected chi connectivity index (χ3v) is 5.51. The number of H-pyrrole nitrogens is 1. The van der Waals surface area contributed by atoms with Gasteiger partial charge in [-0.05, 0) is 56.9 Å². The Bertz CT molecular complexity index is 631. The molecule has 0 unspecified atom stereocenters. The summed E-state index contributed by atoms with van der Waals surface area (Å²) in [4.78, 5) is 14.8. The Kier molecular flexibility index (Phi) is 6.01. The third-order valence-electron chi connectivity index (χ3n) is 4.62. The Morgan fingerprint density at radius 2 is 2.29 bits per heavy atom. The fourth-order valence-electron chi connectivity index (χ4n) is 3.17. The Morgan fingerprint density at radius 3 is 3.00 bits per heavy atom. The summed E-state index contributed by atoms with van der Waals surface area (Å²) in [6, 6.07) is 4.16. The van der Waals surface area contributed by atoms with Gasteiger partial charge in [-0.15, -0.1) is 11.3 Å². The SMILES string of the molecule is NC(=O)C1CCN(CCCNCc2cn[nH]c2-c2cccs2)CC1. The van der Waals surface area contributed by atoms with Crippen LogP contribution in [0.1, 0.15) is 24.8 Å². The summed E-state index contributed by atoms with van der Waals surface area (Å²) in [5.74, 6) is -0.0610. The first-order valence-corrected chi connectivity index (χ1v) is 9.40. The second kappa shape index (κ2) is 8.41. The van der Waals surface area contributed by atoms with E-state index in [0.717, 1.165) is 57.7 Å². The first kappa shape index (κ1) is 17.1. The molecule has 1 amide bonds. The van der Waals surface area contributed by atoms with Crippen molar-refractivity contribution in [2.45, 2.75) is 25.8 Å². The molecule has 0 aliphatic carbocycles. The van der Waals surface area contributed by atoms with Crippen molar-refractivity contribution < 1.29 is 4.79 Å². The number of nitrogens with one attached hydrogen (secondary N) is 2. The molecule has 0 bridgehead atoms. The van der Waals surface area contributed by atoms with Gasteiger partial charge in [-0.1, -0.05) is 6.07 Å². The number of rotatable bonds is 8. The van der Waals surface area contributed by atoms with Crippen LogP contribution in [0.3, 0.4) is 0 Å². The Labute approximate surface area is 146 Å². The van der Waals surface area contributed by atoms with Crippen LogP contribution in [0.5, 0.6) is 0 Å². The number of nitrogens with two attached hydrogens (primary N) is 1. The average molecular weight is 347 g/mol. The predicted octanol–water partition coefficient (Wildman–Crippen LogP) is 1.82. The summed E-state index contributed by atoms with van der Waals surface area (Å²) in [5, 5.41) is 12.8. The lowest BCUT2D eigenvalue weighted by Crippen LogP contribution is -2.39. The number of piperidine rings is 1. The topological polar surface area (TPSA) is 87.0 Å². The maximum Gasteiger partial charge on any atom is 0.220 e. The maximum atomic E-state index is 11.2. The number of aromatic nitrogens is 2. The molecular formula is C17H25N5OS. The molecule has 24 heavy (non-hydrogen) atoms. The molecule has 0 atom stereocenters. The lowest BCUT2D eigenvalue weighted by Gasteiger charge is -2.30. The number of likely N-dealkylation sites (tertiary alicyclic amines) is 1. The second-order valence-electron chi connectivity index (χ2n) is 6.30. The van der Waals surface area contributed by atoms with Gasteiger partial charge in [0, 0.05) is 18.0 Å². The predicted molar refractivity (Wildman–Crippen MR) is 96.6 cm³/mol. The van der Waals surface area contributed by atoms with Gasteiger partial charge in [0.2, 0.25) is 5.91 Å². The van der Waals surface area contributed by atoms with E-state index in [1.165, 1.54) is 10.4 Å². The summed E-state index contributed by atoms with van der Waals surface area (Å²) in [7, 11) is 0. The number of nitrogens with zero attached hydrogens (tertiary/aromatic N) is 2. The van der Waals surface area contributed by atoms with Crippen LogP contribution in [0.25, 0.3) is 10.6 Å². The molecule has 2 aromatic heterocycles. The van der Waals surface area contributed by atoms with E-state index >= 15 is 0 Å². The van der Waals surface area contributed by atoms with Gasteiger partial charge in [-0.2, -0.15) is 5.10 Å². The normalized spacial score (nSPS) is 16.5. The summed E-state index contributed by atoms with van der Waals surface area (Å²) in [6.45, 7) is 4.84. The molecule has 3 heterocycles. The van der Waals surface area contributed by atoms with Crippen molar-refractivity contribution in [3.05, 3.63) is 29.3 Å². The van der Waals surface area contributed by atoms with Crippen LogP contribution in [-0.4, -0.2) is 47.2 Å². The number of hydrogen-bond donors (Lipinski definition) is 3. The zero-order valence-electron chi connectivity index (χ0n) is 13.8. The number of amides is 1. The molecule has 7 heteroatoms. The molecule has 4 N–H and O–H groups in total. The van der Waals surface area contributed by atoms with Gasteiger partial charge >= 0.3 is 0 Å². The van der Waals surface area contributed by atoms with E-state index in [1.54, 1.807) is 11.3 Å². The molecule has 130 valence electrons. The van der Waals surface area contributed by atoms with E-state index in [2.05, 4.69) is 37.9 Å². The van der Waals surface area contributed by atoms with Crippen molar-refractivity contribution in [1.29, 1.82) is 0 Å². The van der Waals surface area contributed by atoms with E-state index in [9.17, 15) is 4.79 Å². The van der Waals surface area contributed by atoms with Crippen molar-refractivity contribution in [1.82, 2.24) is 20.4 Å². The zero-order chi connectivity index (χ0) is 16.8. The molecule has 2 aromatic rings. The smallest absolute Gasteiger partial charge is 0.220 e. The van der Waals surface area contributed by atoms with Gasteiger partial charge in [0.1, 0.15) is 0 Å². The fourth-order valence-corrected chi connectivity index (χ4v) is 3.93. The summed E-state index contributed by atoms with van der Waals surface area (Å²) in [6.07, 6.45) is 4.81. The largest absolute Gasteiger partial charge is 0.369 e. The van der Waals surface area contributed by atoms with Gasteiger partial charge in [0.25, 0.3) is 0 Å². The highest BCUT2D eigenvalue weighted by Gasteiger charge is 2.22. The van der Waals surface area contributed by atoms with Crippen LogP contribution in [0.4, 0.5) is 0 Å². The Morgan fingerprint density at radius 1 is 1.46 bits per heavy atom. The average Bonchev–Trinajstić information content (AvgIpc) is 3.26. The lowest BCUT2D eigenvalue weighted by molar-refractivity contribution is -0.123. The Hall–Kier alpha value is -1.70. The van der Waals surface area contributed by atoms with Crippen molar-refractivity contribution in [2.75, 3.05) is 26.2 Å². The molecule has 1 saturated heterocycles. The standard InChI is InChI=1S/C17H25N5OS/c18-17(23)13-4-8-22(9-5-13)7-2-6-19-11-14-12-20-21-16(14)15-3-1-10-24-15/h1,3,10,12-13,19H,2,4-9,11H2,(H2,18,23)(H,20,21). The minimum atomic E-state index is -0.141. The van der Waals surface area contributed by atoms with Crippen molar-refractivity contribution in [2.24, 2.45) is 11.7 Å². The number of carbonyl (C=O) groups excluding carboxylic acids is 1. The van der Waals surface area contributed by atoms with E-state index in [1.807, 2.05) is 6.20 Å². The van der Waals surface area contributed by atoms with Crippen molar-refractivity contribution >= 4 is 17.2 Å². The van der Waals surface area contributed by atoms with Gasteiger partial charge in [-0.3, -0.25) is 9.89 Å². The molecule has 0 radical (unpaired) electrons. The lowest BCUT2D eigenvalue weighted by atomic mass is 9.96. The highest BCUT2D eigenvalue weighted by Crippen LogP contribution is 2.25. The van der Waals surface area contributed by atoms with Gasteiger partial charge in [0.05, 0.1) is 16.8 Å². The number of carbonyl (C=O) groups is 1. The summed E-state index contributed by atoms with van der Waals surface area (Å²) < 4.78 is 0. The van der Waals surface area contributed by atoms with E-state index in [4.69, 9.17) is 5.73 Å². The highest BCUT2D eigenvalue weighted by atomic mass is 32.1. The molecule has 0 spiro atoms. The third kappa shape index (κ3) is 4.43.